The molecule has 2 unspecified atom stereocenters. The van der Waals surface area contributed by atoms with E-state index in [-0.39, 0.29) is 6.10 Å². The fourth-order valence-electron chi connectivity index (χ4n) is 3.04. The first-order valence-electron chi connectivity index (χ1n) is 6.87. The summed E-state index contributed by atoms with van der Waals surface area (Å²) >= 11 is 0. The molecule has 0 aromatic heterocycles. The van der Waals surface area contributed by atoms with E-state index in [0.717, 1.165) is 18.9 Å². The summed E-state index contributed by atoms with van der Waals surface area (Å²) in [5.41, 5.74) is 6.48. The van der Waals surface area contributed by atoms with E-state index in [9.17, 15) is 8.78 Å². The zero-order chi connectivity index (χ0) is 13.8. The topological polar surface area (TPSA) is 35.2 Å². The van der Waals surface area contributed by atoms with Crippen LogP contribution in [0.3, 0.4) is 0 Å². The third-order valence-electron chi connectivity index (χ3n) is 4.06. The SMILES string of the molecule is COC(C1CCCCC1)C(N)c1ccc(F)cc1F. The van der Waals surface area contributed by atoms with Crippen LogP contribution in [0.1, 0.15) is 43.7 Å². The molecule has 0 spiro atoms. The Labute approximate surface area is 112 Å². The lowest BCUT2D eigenvalue weighted by Gasteiger charge is -2.33. The highest BCUT2D eigenvalue weighted by molar-refractivity contribution is 5.23. The first kappa shape index (κ1) is 14.4. The lowest BCUT2D eigenvalue weighted by atomic mass is 9.81. The van der Waals surface area contributed by atoms with Crippen LogP contribution in [0.2, 0.25) is 0 Å². The summed E-state index contributed by atoms with van der Waals surface area (Å²) in [6.45, 7) is 0. The summed E-state index contributed by atoms with van der Waals surface area (Å²) in [5.74, 6) is -0.816. The molecule has 0 amide bonds. The Morgan fingerprint density at radius 1 is 1.21 bits per heavy atom. The van der Waals surface area contributed by atoms with Crippen LogP contribution in [0.15, 0.2) is 18.2 Å². The number of ether oxygens (including phenoxy) is 1. The van der Waals surface area contributed by atoms with Gasteiger partial charge >= 0.3 is 0 Å². The Hall–Kier alpha value is -1.00. The highest BCUT2D eigenvalue weighted by Gasteiger charge is 2.30. The molecule has 0 radical (unpaired) electrons. The van der Waals surface area contributed by atoms with E-state index in [1.807, 2.05) is 0 Å². The van der Waals surface area contributed by atoms with Gasteiger partial charge in [-0.3, -0.25) is 0 Å². The summed E-state index contributed by atoms with van der Waals surface area (Å²) < 4.78 is 32.2. The largest absolute Gasteiger partial charge is 0.379 e. The molecule has 1 aliphatic carbocycles. The van der Waals surface area contributed by atoms with Crippen molar-refractivity contribution < 1.29 is 13.5 Å². The first-order chi connectivity index (χ1) is 9.13. The average Bonchev–Trinajstić information content (AvgIpc) is 2.40. The molecule has 1 aromatic rings. The van der Waals surface area contributed by atoms with E-state index in [2.05, 4.69) is 0 Å². The molecule has 1 saturated carbocycles. The zero-order valence-corrected chi connectivity index (χ0v) is 11.2. The van der Waals surface area contributed by atoms with E-state index < -0.39 is 17.7 Å². The van der Waals surface area contributed by atoms with Gasteiger partial charge in [0.05, 0.1) is 12.1 Å². The summed E-state index contributed by atoms with van der Waals surface area (Å²) in [5, 5.41) is 0. The first-order valence-corrected chi connectivity index (χ1v) is 6.87. The standard InChI is InChI=1S/C15H21F2NO/c1-19-15(10-5-3-2-4-6-10)14(18)12-8-7-11(16)9-13(12)17/h7-10,14-15H,2-6,18H2,1H3. The highest BCUT2D eigenvalue weighted by atomic mass is 19.1. The third kappa shape index (κ3) is 3.31. The Bertz CT molecular complexity index is 419. The minimum Gasteiger partial charge on any atom is -0.379 e. The lowest BCUT2D eigenvalue weighted by molar-refractivity contribution is 0.0165. The Morgan fingerprint density at radius 3 is 2.47 bits per heavy atom. The van der Waals surface area contributed by atoms with Crippen molar-refractivity contribution in [2.24, 2.45) is 11.7 Å². The molecule has 1 aromatic carbocycles. The number of hydrogen-bond donors (Lipinski definition) is 1. The second kappa shape index (κ2) is 6.44. The van der Waals surface area contributed by atoms with Crippen molar-refractivity contribution in [1.82, 2.24) is 0 Å². The number of nitrogens with two attached hydrogens (primary N) is 1. The molecule has 4 heteroatoms. The van der Waals surface area contributed by atoms with E-state index in [1.165, 1.54) is 31.4 Å². The maximum Gasteiger partial charge on any atom is 0.130 e. The summed E-state index contributed by atoms with van der Waals surface area (Å²) in [7, 11) is 1.61. The minimum atomic E-state index is -0.592. The number of rotatable bonds is 4. The monoisotopic (exact) mass is 269 g/mol. The number of hydrogen-bond acceptors (Lipinski definition) is 2. The van der Waals surface area contributed by atoms with Crippen molar-refractivity contribution in [2.75, 3.05) is 7.11 Å². The van der Waals surface area contributed by atoms with Crippen LogP contribution >= 0.6 is 0 Å². The number of benzene rings is 1. The predicted molar refractivity (Wildman–Crippen MR) is 70.7 cm³/mol. The van der Waals surface area contributed by atoms with Crippen molar-refractivity contribution in [3.8, 4) is 0 Å². The van der Waals surface area contributed by atoms with Crippen LogP contribution in [-0.2, 0) is 4.74 Å². The third-order valence-corrected chi connectivity index (χ3v) is 4.06. The fourth-order valence-corrected chi connectivity index (χ4v) is 3.04. The lowest BCUT2D eigenvalue weighted by Crippen LogP contribution is -2.36. The minimum absolute atomic E-state index is 0.208. The maximum absolute atomic E-state index is 13.8. The molecule has 2 N–H and O–H groups in total. The van der Waals surface area contributed by atoms with Gasteiger partial charge in [0.25, 0.3) is 0 Å². The van der Waals surface area contributed by atoms with Crippen LogP contribution in [-0.4, -0.2) is 13.2 Å². The van der Waals surface area contributed by atoms with Crippen molar-refractivity contribution in [3.63, 3.8) is 0 Å². The van der Waals surface area contributed by atoms with Crippen molar-refractivity contribution in [2.45, 2.75) is 44.2 Å². The molecule has 106 valence electrons. The van der Waals surface area contributed by atoms with E-state index in [0.29, 0.717) is 11.5 Å². The van der Waals surface area contributed by atoms with E-state index in [1.54, 1.807) is 7.11 Å². The van der Waals surface area contributed by atoms with Crippen LogP contribution in [0.5, 0.6) is 0 Å². The van der Waals surface area contributed by atoms with Crippen molar-refractivity contribution >= 4 is 0 Å². The average molecular weight is 269 g/mol. The Kier molecular flexibility index (Phi) is 4.88. The molecule has 0 saturated heterocycles. The Balaban J connectivity index is 2.17. The van der Waals surface area contributed by atoms with Crippen LogP contribution in [0.25, 0.3) is 0 Å². The summed E-state index contributed by atoms with van der Waals surface area (Å²) in [4.78, 5) is 0. The fraction of sp³-hybridized carbons (Fsp3) is 0.600. The van der Waals surface area contributed by atoms with Gasteiger partial charge in [-0.05, 0) is 24.8 Å². The molecule has 0 aliphatic heterocycles. The normalized spacial score (nSPS) is 20.2. The molecule has 2 nitrogen and oxygen atoms in total. The van der Waals surface area contributed by atoms with Gasteiger partial charge in [-0.1, -0.05) is 25.3 Å². The number of halogens is 2. The molecular formula is C15H21F2NO. The molecule has 1 aliphatic rings. The Morgan fingerprint density at radius 2 is 1.89 bits per heavy atom. The molecule has 2 rings (SSSR count). The molecule has 19 heavy (non-hydrogen) atoms. The number of methoxy groups -OCH3 is 1. The quantitative estimate of drug-likeness (QED) is 0.907. The van der Waals surface area contributed by atoms with Gasteiger partial charge in [0.1, 0.15) is 11.6 Å². The van der Waals surface area contributed by atoms with Gasteiger partial charge in [-0.25, -0.2) is 8.78 Å². The second-order valence-corrected chi connectivity index (χ2v) is 5.29. The summed E-state index contributed by atoms with van der Waals surface area (Å²) in [6, 6.07) is 2.99. The van der Waals surface area contributed by atoms with Gasteiger partial charge in [0, 0.05) is 18.7 Å². The van der Waals surface area contributed by atoms with Crippen LogP contribution in [0.4, 0.5) is 8.78 Å². The molecular weight excluding hydrogens is 248 g/mol. The molecule has 0 heterocycles. The summed E-state index contributed by atoms with van der Waals surface area (Å²) in [6.07, 6.45) is 5.50. The van der Waals surface area contributed by atoms with Crippen LogP contribution < -0.4 is 5.73 Å². The second-order valence-electron chi connectivity index (χ2n) is 5.29. The molecule has 2 atom stereocenters. The highest BCUT2D eigenvalue weighted by Crippen LogP contribution is 2.33. The van der Waals surface area contributed by atoms with Gasteiger partial charge in [-0.15, -0.1) is 0 Å². The smallest absolute Gasteiger partial charge is 0.130 e. The van der Waals surface area contributed by atoms with Gasteiger partial charge in [0.2, 0.25) is 0 Å². The van der Waals surface area contributed by atoms with Crippen molar-refractivity contribution in [3.05, 3.63) is 35.4 Å². The van der Waals surface area contributed by atoms with Gasteiger partial charge < -0.3 is 10.5 Å². The molecule has 0 bridgehead atoms. The van der Waals surface area contributed by atoms with Crippen LogP contribution in [0, 0.1) is 17.6 Å². The van der Waals surface area contributed by atoms with E-state index >= 15 is 0 Å². The zero-order valence-electron chi connectivity index (χ0n) is 11.2. The van der Waals surface area contributed by atoms with Crippen molar-refractivity contribution in [1.29, 1.82) is 0 Å². The predicted octanol–water partition coefficient (Wildman–Crippen LogP) is 3.56. The van der Waals surface area contributed by atoms with Gasteiger partial charge in [0.15, 0.2) is 0 Å². The maximum atomic E-state index is 13.8. The molecule has 1 fully saturated rings. The van der Waals surface area contributed by atoms with E-state index in [4.69, 9.17) is 10.5 Å². The van der Waals surface area contributed by atoms with Gasteiger partial charge in [-0.2, -0.15) is 0 Å².